The third-order valence-corrected chi connectivity index (χ3v) is 4.84. The molecule has 0 aliphatic heterocycles. The molecule has 0 saturated heterocycles. The highest BCUT2D eigenvalue weighted by molar-refractivity contribution is 6.32. The van der Waals surface area contributed by atoms with E-state index in [0.717, 1.165) is 0 Å². The zero-order valence-corrected chi connectivity index (χ0v) is 19.5. The van der Waals surface area contributed by atoms with Gasteiger partial charge in [-0.15, -0.1) is 0 Å². The quantitative estimate of drug-likeness (QED) is 0.396. The summed E-state index contributed by atoms with van der Waals surface area (Å²) in [5.74, 6) is -5.75. The number of esters is 1. The molecule has 2 N–H and O–H groups in total. The average Bonchev–Trinajstić information content (AvgIpc) is 2.44. The first kappa shape index (κ1) is 25.8. The highest BCUT2D eigenvalue weighted by Gasteiger charge is 2.60. The van der Waals surface area contributed by atoms with Gasteiger partial charge in [-0.2, -0.15) is 0 Å². The summed E-state index contributed by atoms with van der Waals surface area (Å²) >= 11 is 6.24. The third-order valence-electron chi connectivity index (χ3n) is 4.57. The van der Waals surface area contributed by atoms with Crippen molar-refractivity contribution >= 4 is 29.5 Å². The zero-order valence-electron chi connectivity index (χ0n) is 18.7. The van der Waals surface area contributed by atoms with E-state index in [1.165, 1.54) is 20.8 Å². The van der Waals surface area contributed by atoms with Crippen LogP contribution in [0.4, 0.5) is 4.39 Å². The molecule has 0 atom stereocenters. The summed E-state index contributed by atoms with van der Waals surface area (Å²) in [5.41, 5.74) is -7.71. The molecule has 0 amide bonds. The number of carboxylic acid groups (broad SMARTS) is 2. The minimum Gasteiger partial charge on any atom is -0.480 e. The third kappa shape index (κ3) is 4.43. The Labute approximate surface area is 180 Å². The van der Waals surface area contributed by atoms with E-state index in [0.29, 0.717) is 0 Å². The van der Waals surface area contributed by atoms with Gasteiger partial charge in [-0.05, 0) is 31.6 Å². The molecule has 1 aromatic heterocycles. The van der Waals surface area contributed by atoms with Gasteiger partial charge in [0.1, 0.15) is 22.0 Å². The molecule has 0 aliphatic carbocycles. The maximum Gasteiger partial charge on any atom is 0.342 e. The lowest BCUT2D eigenvalue weighted by molar-refractivity contribution is -0.164. The highest BCUT2D eigenvalue weighted by Crippen LogP contribution is 2.46. The van der Waals surface area contributed by atoms with Gasteiger partial charge in [0.2, 0.25) is 5.41 Å². The van der Waals surface area contributed by atoms with Crippen molar-refractivity contribution in [2.45, 2.75) is 78.7 Å². The average molecular weight is 446 g/mol. The number of hydrogen-bond acceptors (Lipinski definition) is 5. The van der Waals surface area contributed by atoms with E-state index in [2.05, 4.69) is 4.98 Å². The molecular weight excluding hydrogens is 417 g/mol. The summed E-state index contributed by atoms with van der Waals surface area (Å²) in [4.78, 5) is 41.0. The summed E-state index contributed by atoms with van der Waals surface area (Å²) in [6.45, 7) is 13.7. The van der Waals surface area contributed by atoms with Crippen molar-refractivity contribution in [1.82, 2.24) is 4.98 Å². The normalized spacial score (nSPS) is 13.2. The molecule has 9 heteroatoms. The Balaban J connectivity index is 4.17. The summed E-state index contributed by atoms with van der Waals surface area (Å²) in [6, 6.07) is 0. The topological polar surface area (TPSA) is 114 Å². The molecule has 168 valence electrons. The number of rotatable bonds is 4. The number of aliphatic carboxylic acids is 2. The van der Waals surface area contributed by atoms with E-state index < -0.39 is 56.4 Å². The molecule has 0 spiro atoms. The molecule has 7 nitrogen and oxygen atoms in total. The van der Waals surface area contributed by atoms with Crippen LogP contribution >= 0.6 is 11.6 Å². The molecule has 0 saturated carbocycles. The van der Waals surface area contributed by atoms with Gasteiger partial charge in [0.15, 0.2) is 5.82 Å². The Morgan fingerprint density at radius 3 is 1.67 bits per heavy atom. The maximum absolute atomic E-state index is 15.9. The van der Waals surface area contributed by atoms with Crippen LogP contribution in [0.25, 0.3) is 0 Å². The maximum atomic E-state index is 15.9. The molecule has 0 fully saturated rings. The molecule has 0 bridgehead atoms. The van der Waals surface area contributed by atoms with Crippen LogP contribution < -0.4 is 0 Å². The number of pyridine rings is 1. The first-order chi connectivity index (χ1) is 13.2. The largest absolute Gasteiger partial charge is 0.480 e. The number of carbonyl (C=O) groups excluding carboxylic acids is 1. The Hall–Kier alpha value is -2.22. The number of ether oxygens (including phenoxy) is 1. The molecule has 30 heavy (non-hydrogen) atoms. The highest BCUT2D eigenvalue weighted by atomic mass is 35.5. The monoisotopic (exact) mass is 445 g/mol. The van der Waals surface area contributed by atoms with Gasteiger partial charge < -0.3 is 14.9 Å². The number of halogens is 2. The van der Waals surface area contributed by atoms with E-state index in [-0.39, 0.29) is 11.1 Å². The van der Waals surface area contributed by atoms with Crippen molar-refractivity contribution < 1.29 is 33.7 Å². The molecule has 0 aliphatic rings. The fourth-order valence-corrected chi connectivity index (χ4v) is 3.55. The zero-order chi connectivity index (χ0) is 24.0. The van der Waals surface area contributed by atoms with Gasteiger partial charge in [0.25, 0.3) is 0 Å². The number of carbonyl (C=O) groups is 3. The summed E-state index contributed by atoms with van der Waals surface area (Å²) < 4.78 is 21.2. The van der Waals surface area contributed by atoms with Crippen LogP contribution in [0.5, 0.6) is 0 Å². The first-order valence-electron chi connectivity index (χ1n) is 9.29. The molecule has 1 rings (SSSR count). The summed E-state index contributed by atoms with van der Waals surface area (Å²) in [6.07, 6.45) is 0. The second kappa shape index (κ2) is 7.80. The Bertz CT molecular complexity index is 877. The number of nitrogens with zero attached hydrogens (tertiary/aromatic N) is 1. The smallest absolute Gasteiger partial charge is 0.342 e. The van der Waals surface area contributed by atoms with Crippen LogP contribution in [0.2, 0.25) is 5.15 Å². The minimum atomic E-state index is -2.76. The lowest BCUT2D eigenvalue weighted by Gasteiger charge is -2.38. The molecule has 1 heterocycles. The standard InChI is InChI=1S/C21H29ClFNO6/c1-18(2,3)11-10(15(25)30-20(7,8)9)14(22)24-13(12(11)23)21(16(26)27,17(28)29)19(4,5)6/h1-9H3,(H,26,27)(H,28,29). The van der Waals surface area contributed by atoms with E-state index in [9.17, 15) is 24.6 Å². The van der Waals surface area contributed by atoms with Gasteiger partial charge in [0.05, 0.1) is 0 Å². The van der Waals surface area contributed by atoms with Gasteiger partial charge in [-0.1, -0.05) is 53.1 Å². The van der Waals surface area contributed by atoms with Gasteiger partial charge in [-0.3, -0.25) is 9.59 Å². The van der Waals surface area contributed by atoms with Crippen molar-refractivity contribution in [3.8, 4) is 0 Å². The van der Waals surface area contributed by atoms with E-state index >= 15 is 4.39 Å². The van der Waals surface area contributed by atoms with Gasteiger partial charge in [0, 0.05) is 5.56 Å². The summed E-state index contributed by atoms with van der Waals surface area (Å²) in [5, 5.41) is 19.3. The van der Waals surface area contributed by atoms with Gasteiger partial charge in [-0.25, -0.2) is 14.2 Å². The Morgan fingerprint density at radius 1 is 0.933 bits per heavy atom. The van der Waals surface area contributed by atoms with E-state index in [4.69, 9.17) is 16.3 Å². The lowest BCUT2D eigenvalue weighted by atomic mass is 9.63. The van der Waals surface area contributed by atoms with Crippen LogP contribution in [0.3, 0.4) is 0 Å². The molecule has 1 aromatic rings. The number of hydrogen-bond donors (Lipinski definition) is 2. The van der Waals surface area contributed by atoms with Gasteiger partial charge >= 0.3 is 17.9 Å². The van der Waals surface area contributed by atoms with Crippen molar-refractivity contribution in [1.29, 1.82) is 0 Å². The van der Waals surface area contributed by atoms with Crippen LogP contribution in [-0.2, 0) is 25.2 Å². The van der Waals surface area contributed by atoms with Crippen molar-refractivity contribution in [2.75, 3.05) is 0 Å². The fourth-order valence-electron chi connectivity index (χ4n) is 3.29. The second-order valence-corrected chi connectivity index (χ2v) is 10.5. The van der Waals surface area contributed by atoms with Crippen LogP contribution in [0, 0.1) is 11.2 Å². The van der Waals surface area contributed by atoms with Crippen LogP contribution in [0.1, 0.15) is 83.9 Å². The van der Waals surface area contributed by atoms with E-state index in [1.807, 2.05) is 0 Å². The molecule has 0 radical (unpaired) electrons. The lowest BCUT2D eigenvalue weighted by Crippen LogP contribution is -2.55. The minimum absolute atomic E-state index is 0.261. The Kier molecular flexibility index (Phi) is 6.71. The second-order valence-electron chi connectivity index (χ2n) is 10.2. The predicted molar refractivity (Wildman–Crippen MR) is 109 cm³/mol. The van der Waals surface area contributed by atoms with Crippen molar-refractivity contribution in [3.63, 3.8) is 0 Å². The first-order valence-corrected chi connectivity index (χ1v) is 9.67. The van der Waals surface area contributed by atoms with Crippen LogP contribution in [-0.4, -0.2) is 38.7 Å². The Morgan fingerprint density at radius 2 is 1.37 bits per heavy atom. The SMILES string of the molecule is CC(C)(C)OC(=O)c1c(Cl)nc(C(C(=O)O)(C(=O)O)C(C)(C)C)c(F)c1C(C)(C)C. The molecular formula is C21H29ClFNO6. The fraction of sp³-hybridized carbons (Fsp3) is 0.619. The number of carboxylic acids is 2. The predicted octanol–water partition coefficient (Wildman–Crippen LogP) is 4.58. The van der Waals surface area contributed by atoms with E-state index in [1.54, 1.807) is 41.5 Å². The number of aromatic nitrogens is 1. The summed E-state index contributed by atoms with van der Waals surface area (Å²) in [7, 11) is 0. The molecule has 0 unspecified atom stereocenters. The van der Waals surface area contributed by atoms with Crippen molar-refractivity contribution in [3.05, 3.63) is 27.8 Å². The van der Waals surface area contributed by atoms with Crippen LogP contribution in [0.15, 0.2) is 0 Å². The van der Waals surface area contributed by atoms with Crippen molar-refractivity contribution in [2.24, 2.45) is 5.41 Å². The molecule has 0 aromatic carbocycles.